The molecule has 4 heteroatoms. The first kappa shape index (κ1) is 13.4. The number of fused-ring (bicyclic) bond motifs is 1. The van der Waals surface area contributed by atoms with E-state index in [0.717, 1.165) is 37.0 Å². The van der Waals surface area contributed by atoms with Crippen molar-refractivity contribution in [3.05, 3.63) is 29.8 Å². The van der Waals surface area contributed by atoms with Gasteiger partial charge in [-0.1, -0.05) is 38.0 Å². The van der Waals surface area contributed by atoms with Crippen molar-refractivity contribution in [3.8, 4) is 5.75 Å². The molecule has 4 nitrogen and oxygen atoms in total. The Balaban J connectivity index is 1.73. The number of hydrogen-bond donors (Lipinski definition) is 2. The summed E-state index contributed by atoms with van der Waals surface area (Å²) in [5, 5.41) is 12.6. The third-order valence-corrected chi connectivity index (χ3v) is 4.63. The van der Waals surface area contributed by atoms with Gasteiger partial charge in [-0.05, 0) is 18.9 Å². The zero-order valence-electron chi connectivity index (χ0n) is 11.8. The molecule has 2 aliphatic rings. The molecule has 20 heavy (non-hydrogen) atoms. The number of nitrogens with one attached hydrogen (secondary N) is 1. The van der Waals surface area contributed by atoms with Gasteiger partial charge < -0.3 is 15.2 Å². The Morgan fingerprint density at radius 3 is 2.75 bits per heavy atom. The molecule has 0 bridgehead atoms. The van der Waals surface area contributed by atoms with Crippen molar-refractivity contribution < 1.29 is 14.6 Å². The van der Waals surface area contributed by atoms with E-state index in [1.807, 2.05) is 31.2 Å². The van der Waals surface area contributed by atoms with Crippen LogP contribution in [0.4, 0.5) is 0 Å². The number of rotatable bonds is 3. The normalized spacial score (nSPS) is 26.9. The molecule has 1 fully saturated rings. The van der Waals surface area contributed by atoms with Gasteiger partial charge in [-0.3, -0.25) is 4.79 Å². The van der Waals surface area contributed by atoms with Crippen molar-refractivity contribution >= 4 is 5.91 Å². The van der Waals surface area contributed by atoms with Crippen LogP contribution in [0.15, 0.2) is 24.3 Å². The summed E-state index contributed by atoms with van der Waals surface area (Å²) >= 11 is 0. The average Bonchev–Trinajstić information content (AvgIpc) is 3.05. The molecule has 1 aromatic rings. The monoisotopic (exact) mass is 275 g/mol. The second-order valence-corrected chi connectivity index (χ2v) is 6.00. The Labute approximate surface area is 119 Å². The van der Waals surface area contributed by atoms with Crippen molar-refractivity contribution in [1.82, 2.24) is 5.32 Å². The van der Waals surface area contributed by atoms with Gasteiger partial charge in [0.25, 0.3) is 5.91 Å². The summed E-state index contributed by atoms with van der Waals surface area (Å²) in [5.74, 6) is 0.734. The van der Waals surface area contributed by atoms with Gasteiger partial charge in [-0.15, -0.1) is 0 Å². The minimum atomic E-state index is -0.489. The predicted octanol–water partition coefficient (Wildman–Crippen LogP) is 1.97. The number of aliphatic hydroxyl groups is 1. The van der Waals surface area contributed by atoms with Gasteiger partial charge in [0.1, 0.15) is 5.75 Å². The van der Waals surface area contributed by atoms with Crippen LogP contribution in [0, 0.1) is 0 Å². The van der Waals surface area contributed by atoms with Crippen LogP contribution in [0.25, 0.3) is 0 Å². The first-order chi connectivity index (χ1) is 9.65. The molecule has 2 unspecified atom stereocenters. The summed E-state index contributed by atoms with van der Waals surface area (Å²) in [4.78, 5) is 12.5. The van der Waals surface area contributed by atoms with Crippen LogP contribution in [0.5, 0.6) is 5.75 Å². The zero-order valence-corrected chi connectivity index (χ0v) is 11.8. The van der Waals surface area contributed by atoms with Crippen LogP contribution in [0.2, 0.25) is 0 Å². The van der Waals surface area contributed by atoms with Crippen molar-refractivity contribution in [2.45, 2.75) is 50.2 Å². The molecule has 0 aromatic heterocycles. The highest BCUT2D eigenvalue weighted by molar-refractivity contribution is 5.84. The molecular formula is C16H21NO3. The van der Waals surface area contributed by atoms with E-state index < -0.39 is 11.6 Å². The molecule has 2 atom stereocenters. The van der Waals surface area contributed by atoms with Gasteiger partial charge >= 0.3 is 0 Å². The van der Waals surface area contributed by atoms with Crippen LogP contribution < -0.4 is 10.1 Å². The van der Waals surface area contributed by atoms with Crippen LogP contribution in [-0.2, 0) is 4.79 Å². The van der Waals surface area contributed by atoms with E-state index in [1.54, 1.807) is 0 Å². The molecule has 2 N–H and O–H groups in total. The Morgan fingerprint density at radius 2 is 2.10 bits per heavy atom. The van der Waals surface area contributed by atoms with E-state index in [2.05, 4.69) is 5.32 Å². The fraction of sp³-hybridized carbons (Fsp3) is 0.562. The molecule has 0 spiro atoms. The van der Waals surface area contributed by atoms with E-state index >= 15 is 0 Å². The molecule has 1 amide bonds. The molecule has 1 saturated carbocycles. The highest BCUT2D eigenvalue weighted by Gasteiger charge is 2.41. The number of carbonyl (C=O) groups is 1. The lowest BCUT2D eigenvalue weighted by Crippen LogP contribution is -2.53. The second-order valence-electron chi connectivity index (χ2n) is 6.00. The second kappa shape index (κ2) is 5.09. The van der Waals surface area contributed by atoms with Crippen LogP contribution >= 0.6 is 0 Å². The standard InChI is InChI=1S/C16H21NO3/c1-11-12-6-2-3-7-13(12)20-14(11)15(19)17-16(10-18)8-4-5-9-16/h2-3,6-7,11,14,18H,4-5,8-10H2,1H3,(H,17,19). The maximum Gasteiger partial charge on any atom is 0.262 e. The Bertz CT molecular complexity index is 508. The Hall–Kier alpha value is -1.55. The third-order valence-electron chi connectivity index (χ3n) is 4.63. The van der Waals surface area contributed by atoms with Gasteiger partial charge in [-0.2, -0.15) is 0 Å². The number of carbonyl (C=O) groups excluding carboxylic acids is 1. The molecule has 108 valence electrons. The van der Waals surface area contributed by atoms with Crippen molar-refractivity contribution in [2.24, 2.45) is 0 Å². The molecule has 1 aliphatic heterocycles. The number of amides is 1. The topological polar surface area (TPSA) is 58.6 Å². The van der Waals surface area contributed by atoms with Gasteiger partial charge in [0, 0.05) is 11.5 Å². The maximum absolute atomic E-state index is 12.5. The average molecular weight is 275 g/mol. The van der Waals surface area contributed by atoms with E-state index in [-0.39, 0.29) is 18.4 Å². The Morgan fingerprint density at radius 1 is 1.40 bits per heavy atom. The smallest absolute Gasteiger partial charge is 0.262 e. The summed E-state index contributed by atoms with van der Waals surface area (Å²) in [7, 11) is 0. The van der Waals surface area contributed by atoms with E-state index in [4.69, 9.17) is 4.74 Å². The molecule has 3 rings (SSSR count). The number of aliphatic hydroxyl groups excluding tert-OH is 1. The fourth-order valence-electron chi connectivity index (χ4n) is 3.35. The van der Waals surface area contributed by atoms with Gasteiger partial charge in [0.15, 0.2) is 6.10 Å². The summed E-state index contributed by atoms with van der Waals surface area (Å²) < 4.78 is 5.79. The SMILES string of the molecule is CC1c2ccccc2OC1C(=O)NC1(CO)CCCC1. The van der Waals surface area contributed by atoms with Crippen molar-refractivity contribution in [3.63, 3.8) is 0 Å². The Kier molecular flexibility index (Phi) is 3.42. The highest BCUT2D eigenvalue weighted by atomic mass is 16.5. The lowest BCUT2D eigenvalue weighted by atomic mass is 9.94. The number of para-hydroxylation sites is 1. The molecule has 0 saturated heterocycles. The minimum absolute atomic E-state index is 0.00674. The van der Waals surface area contributed by atoms with Crippen molar-refractivity contribution in [2.75, 3.05) is 6.61 Å². The van der Waals surface area contributed by atoms with E-state index in [9.17, 15) is 9.90 Å². The molecule has 1 aliphatic carbocycles. The zero-order chi connectivity index (χ0) is 14.2. The summed E-state index contributed by atoms with van der Waals surface area (Å²) in [6, 6.07) is 7.78. The largest absolute Gasteiger partial charge is 0.480 e. The third kappa shape index (κ3) is 2.18. The lowest BCUT2D eigenvalue weighted by molar-refractivity contribution is -0.130. The minimum Gasteiger partial charge on any atom is -0.480 e. The predicted molar refractivity (Wildman–Crippen MR) is 75.7 cm³/mol. The van der Waals surface area contributed by atoms with Gasteiger partial charge in [-0.25, -0.2) is 0 Å². The first-order valence-electron chi connectivity index (χ1n) is 7.34. The van der Waals surface area contributed by atoms with E-state index in [1.165, 1.54) is 0 Å². The quantitative estimate of drug-likeness (QED) is 0.886. The highest BCUT2D eigenvalue weighted by Crippen LogP contribution is 2.38. The molecule has 0 radical (unpaired) electrons. The maximum atomic E-state index is 12.5. The molecular weight excluding hydrogens is 254 g/mol. The van der Waals surface area contributed by atoms with Crippen molar-refractivity contribution in [1.29, 1.82) is 0 Å². The summed E-state index contributed by atoms with van der Waals surface area (Å²) in [6.07, 6.45) is 3.33. The van der Waals surface area contributed by atoms with Gasteiger partial charge in [0.05, 0.1) is 12.1 Å². The fourth-order valence-corrected chi connectivity index (χ4v) is 3.35. The van der Waals surface area contributed by atoms with Crippen LogP contribution in [-0.4, -0.2) is 29.3 Å². The molecule has 1 aromatic carbocycles. The summed E-state index contributed by atoms with van der Waals surface area (Å²) in [6.45, 7) is 2.02. The van der Waals surface area contributed by atoms with Gasteiger partial charge in [0.2, 0.25) is 0 Å². The lowest BCUT2D eigenvalue weighted by Gasteiger charge is -2.30. The van der Waals surface area contributed by atoms with Crippen LogP contribution in [0.1, 0.15) is 44.1 Å². The number of hydrogen-bond acceptors (Lipinski definition) is 3. The summed E-state index contributed by atoms with van der Waals surface area (Å²) in [5.41, 5.74) is 0.645. The van der Waals surface area contributed by atoms with Crippen LogP contribution in [0.3, 0.4) is 0 Å². The first-order valence-corrected chi connectivity index (χ1v) is 7.34. The number of benzene rings is 1. The van der Waals surface area contributed by atoms with E-state index in [0.29, 0.717) is 0 Å². The molecule has 1 heterocycles. The number of ether oxygens (including phenoxy) is 1.